The Labute approximate surface area is 199 Å². The van der Waals surface area contributed by atoms with Gasteiger partial charge in [-0.3, -0.25) is 14.2 Å². The molecule has 0 unspecified atom stereocenters. The quantitative estimate of drug-likeness (QED) is 0.360. The molecule has 1 fully saturated rings. The number of amides is 1. The van der Waals surface area contributed by atoms with Gasteiger partial charge in [0.25, 0.3) is 5.91 Å². The van der Waals surface area contributed by atoms with Crippen molar-refractivity contribution in [3.05, 3.63) is 48.7 Å². The molecule has 34 heavy (non-hydrogen) atoms. The van der Waals surface area contributed by atoms with E-state index < -0.39 is 12.9 Å². The normalized spacial score (nSPS) is 14.6. The lowest BCUT2D eigenvalue weighted by Crippen LogP contribution is -2.20. The zero-order valence-corrected chi connectivity index (χ0v) is 18.5. The zero-order valence-electron chi connectivity index (χ0n) is 21.5. The predicted octanol–water partition coefficient (Wildman–Crippen LogP) is 2.66. The first-order valence-corrected chi connectivity index (χ1v) is 10.5. The number of para-hydroxylation sites is 1. The van der Waals surface area contributed by atoms with Crippen molar-refractivity contribution in [2.45, 2.75) is 18.9 Å². The van der Waals surface area contributed by atoms with E-state index in [1.54, 1.807) is 42.5 Å². The van der Waals surface area contributed by atoms with Crippen molar-refractivity contribution < 1.29 is 13.6 Å². The lowest BCUT2D eigenvalue weighted by molar-refractivity contribution is 0.0963. The standard InChI is InChI=1S/C22H24N10O2/c1-23-21(33)16-10-24-22(27-13-9-26-32(11-13)14-7-8-14)29-20(16)28-17-6-4-5-15(18(17)34-3)19-25-12-31(2)30-19/h4-6,9-12,14H,7-8H2,1-3H3,(H,23,33)(H2,24,27,28,29)/i1D3. The minimum Gasteiger partial charge on any atom is -0.494 e. The highest BCUT2D eigenvalue weighted by molar-refractivity contribution is 5.99. The lowest BCUT2D eigenvalue weighted by Gasteiger charge is -2.16. The average Bonchev–Trinajstić information content (AvgIpc) is 3.44. The van der Waals surface area contributed by atoms with Gasteiger partial charge in [-0.1, -0.05) is 6.07 Å². The van der Waals surface area contributed by atoms with E-state index >= 15 is 0 Å². The average molecular weight is 464 g/mol. The molecule has 4 aromatic rings. The zero-order chi connectivity index (χ0) is 26.2. The van der Waals surface area contributed by atoms with Crippen molar-refractivity contribution in [1.29, 1.82) is 0 Å². The van der Waals surface area contributed by atoms with Gasteiger partial charge in [-0.05, 0) is 25.0 Å². The second-order valence-electron chi connectivity index (χ2n) is 7.73. The molecule has 12 heteroatoms. The molecule has 5 rings (SSSR count). The lowest BCUT2D eigenvalue weighted by atomic mass is 10.1. The van der Waals surface area contributed by atoms with E-state index in [0.29, 0.717) is 34.6 Å². The van der Waals surface area contributed by atoms with Gasteiger partial charge in [0.2, 0.25) is 5.95 Å². The molecule has 0 aliphatic heterocycles. The third-order valence-electron chi connectivity index (χ3n) is 5.24. The Morgan fingerprint density at radius 3 is 2.85 bits per heavy atom. The fraction of sp³-hybridized carbons (Fsp3) is 0.273. The highest BCUT2D eigenvalue weighted by atomic mass is 16.5. The van der Waals surface area contributed by atoms with Crippen molar-refractivity contribution in [2.24, 2.45) is 7.05 Å². The highest BCUT2D eigenvalue weighted by Gasteiger charge is 2.24. The first kappa shape index (κ1) is 18.0. The largest absolute Gasteiger partial charge is 0.494 e. The molecule has 1 saturated carbocycles. The topological polar surface area (TPSA) is 137 Å². The smallest absolute Gasteiger partial charge is 0.256 e. The number of hydrogen-bond donors (Lipinski definition) is 3. The molecule has 174 valence electrons. The number of ether oxygens (including phenoxy) is 1. The summed E-state index contributed by atoms with van der Waals surface area (Å²) >= 11 is 0. The van der Waals surface area contributed by atoms with E-state index in [1.165, 1.54) is 13.3 Å². The van der Waals surface area contributed by atoms with Gasteiger partial charge < -0.3 is 20.7 Å². The number of carbonyl (C=O) groups is 1. The van der Waals surface area contributed by atoms with Crippen LogP contribution >= 0.6 is 0 Å². The Kier molecular flexibility index (Phi) is 4.66. The summed E-state index contributed by atoms with van der Waals surface area (Å²) in [4.78, 5) is 25.7. The number of rotatable bonds is 8. The van der Waals surface area contributed by atoms with Crippen LogP contribution in [0.3, 0.4) is 0 Å². The maximum absolute atomic E-state index is 12.8. The molecule has 0 saturated heterocycles. The number of aryl methyl sites for hydroxylation is 1. The number of nitrogens with one attached hydrogen (secondary N) is 3. The Balaban J connectivity index is 1.50. The fourth-order valence-corrected chi connectivity index (χ4v) is 3.46. The maximum atomic E-state index is 12.8. The molecule has 3 heterocycles. The molecule has 12 nitrogen and oxygen atoms in total. The summed E-state index contributed by atoms with van der Waals surface area (Å²) < 4.78 is 31.3. The summed E-state index contributed by atoms with van der Waals surface area (Å²) in [5.41, 5.74) is 1.68. The van der Waals surface area contributed by atoms with Crippen LogP contribution in [0.5, 0.6) is 5.75 Å². The minimum atomic E-state index is -2.69. The molecule has 0 atom stereocenters. The van der Waals surface area contributed by atoms with Crippen LogP contribution in [0.15, 0.2) is 43.1 Å². The van der Waals surface area contributed by atoms with E-state index in [9.17, 15) is 4.79 Å². The number of methoxy groups -OCH3 is 1. The van der Waals surface area contributed by atoms with E-state index in [1.807, 2.05) is 16.2 Å². The molecular formula is C22H24N10O2. The van der Waals surface area contributed by atoms with Crippen molar-refractivity contribution in [2.75, 3.05) is 24.7 Å². The van der Waals surface area contributed by atoms with E-state index in [-0.39, 0.29) is 17.3 Å². The number of aromatic nitrogens is 7. The van der Waals surface area contributed by atoms with Crippen molar-refractivity contribution >= 4 is 29.0 Å². The molecule has 3 aromatic heterocycles. The summed E-state index contributed by atoms with van der Waals surface area (Å²) in [6.07, 6.45) is 8.52. The first-order valence-electron chi connectivity index (χ1n) is 12.0. The van der Waals surface area contributed by atoms with Crippen LogP contribution in [0.1, 0.15) is 33.4 Å². The number of carbonyl (C=O) groups excluding carboxylic acids is 1. The molecule has 1 aliphatic rings. The highest BCUT2D eigenvalue weighted by Crippen LogP contribution is 2.37. The number of hydrogen-bond acceptors (Lipinski definition) is 9. The SMILES string of the molecule is [2H]C([2H])([2H])NC(=O)c1cnc(Nc2cnn(C3CC3)c2)nc1Nc1cccc(-c2ncn(C)n2)c1OC. The Hall–Kier alpha value is -4.48. The van der Waals surface area contributed by atoms with Crippen LogP contribution < -0.4 is 20.7 Å². The van der Waals surface area contributed by atoms with Crippen LogP contribution in [-0.2, 0) is 7.05 Å². The first-order chi connectivity index (χ1) is 17.7. The molecule has 0 bridgehead atoms. The number of anilines is 4. The Bertz CT molecular complexity index is 1440. The second kappa shape index (κ2) is 8.81. The monoisotopic (exact) mass is 463 g/mol. The van der Waals surface area contributed by atoms with E-state index in [4.69, 9.17) is 8.85 Å². The van der Waals surface area contributed by atoms with Gasteiger partial charge in [-0.15, -0.1) is 0 Å². The molecule has 1 aromatic carbocycles. The molecule has 1 aliphatic carbocycles. The van der Waals surface area contributed by atoms with Gasteiger partial charge in [0.05, 0.1) is 36.3 Å². The second-order valence-corrected chi connectivity index (χ2v) is 7.73. The van der Waals surface area contributed by atoms with Crippen molar-refractivity contribution in [3.63, 3.8) is 0 Å². The van der Waals surface area contributed by atoms with Gasteiger partial charge in [0.15, 0.2) is 11.6 Å². The fourth-order valence-electron chi connectivity index (χ4n) is 3.46. The van der Waals surface area contributed by atoms with Gasteiger partial charge in [0, 0.05) is 30.5 Å². The van der Waals surface area contributed by atoms with Gasteiger partial charge in [-0.2, -0.15) is 15.2 Å². The summed E-state index contributed by atoms with van der Waals surface area (Å²) in [6.45, 7) is -2.69. The Morgan fingerprint density at radius 1 is 1.24 bits per heavy atom. The summed E-state index contributed by atoms with van der Waals surface area (Å²) in [6, 6.07) is 5.70. The van der Waals surface area contributed by atoms with Gasteiger partial charge in [0.1, 0.15) is 17.7 Å². The maximum Gasteiger partial charge on any atom is 0.256 e. The van der Waals surface area contributed by atoms with Gasteiger partial charge in [-0.25, -0.2) is 9.97 Å². The summed E-state index contributed by atoms with van der Waals surface area (Å²) in [5.74, 6) is 0.246. The molecular weight excluding hydrogens is 436 g/mol. The number of nitrogens with zero attached hydrogens (tertiary/aromatic N) is 7. The summed E-state index contributed by atoms with van der Waals surface area (Å²) in [5, 5.41) is 16.8. The van der Waals surface area contributed by atoms with E-state index in [2.05, 4.69) is 35.8 Å². The van der Waals surface area contributed by atoms with E-state index in [0.717, 1.165) is 12.8 Å². The molecule has 1 amide bonds. The molecule has 0 radical (unpaired) electrons. The van der Waals surface area contributed by atoms with Gasteiger partial charge >= 0.3 is 0 Å². The van der Waals surface area contributed by atoms with Crippen molar-refractivity contribution in [3.8, 4) is 17.1 Å². The summed E-state index contributed by atoms with van der Waals surface area (Å²) in [7, 11) is 3.25. The number of benzene rings is 1. The molecule has 3 N–H and O–H groups in total. The van der Waals surface area contributed by atoms with Crippen LogP contribution in [0, 0.1) is 0 Å². The minimum absolute atomic E-state index is 0.0678. The van der Waals surface area contributed by atoms with Crippen LogP contribution in [0.2, 0.25) is 0 Å². The Morgan fingerprint density at radius 2 is 2.12 bits per heavy atom. The predicted molar refractivity (Wildman–Crippen MR) is 125 cm³/mol. The van der Waals surface area contributed by atoms with Crippen LogP contribution in [0.25, 0.3) is 11.4 Å². The third-order valence-corrected chi connectivity index (χ3v) is 5.24. The van der Waals surface area contributed by atoms with Crippen molar-refractivity contribution in [1.82, 2.24) is 39.8 Å². The third kappa shape index (κ3) is 4.25. The van der Waals surface area contributed by atoms with Crippen LogP contribution in [0.4, 0.5) is 23.1 Å². The molecule has 0 spiro atoms. The van der Waals surface area contributed by atoms with Crippen LogP contribution in [-0.4, -0.2) is 54.5 Å².